The molecule has 0 radical (unpaired) electrons. The van der Waals surface area contributed by atoms with Crippen LogP contribution in [0.25, 0.3) is 0 Å². The molecule has 2 aromatic carbocycles. The minimum absolute atomic E-state index is 0.0551. The highest BCUT2D eigenvalue weighted by Crippen LogP contribution is 2.51. The van der Waals surface area contributed by atoms with Crippen LogP contribution in [0.3, 0.4) is 0 Å². The SMILES string of the molecule is OC(Cc1ccccc1Cl)C1(c2ccccc2)CC1. The van der Waals surface area contributed by atoms with Gasteiger partial charge >= 0.3 is 0 Å². The van der Waals surface area contributed by atoms with E-state index in [1.165, 1.54) is 5.56 Å². The third-order valence-corrected chi connectivity index (χ3v) is 4.52. The number of benzene rings is 2. The lowest BCUT2D eigenvalue weighted by Crippen LogP contribution is -2.28. The Morgan fingerprint density at radius 1 is 1.00 bits per heavy atom. The van der Waals surface area contributed by atoms with Crippen LogP contribution in [0.1, 0.15) is 24.0 Å². The number of hydrogen-bond donors (Lipinski definition) is 1. The number of rotatable bonds is 4. The third-order valence-electron chi connectivity index (χ3n) is 4.15. The molecular formula is C17H17ClO. The van der Waals surface area contributed by atoms with E-state index in [2.05, 4.69) is 12.1 Å². The molecule has 0 saturated heterocycles. The van der Waals surface area contributed by atoms with Crippen molar-refractivity contribution in [2.24, 2.45) is 0 Å². The molecular weight excluding hydrogens is 256 g/mol. The van der Waals surface area contributed by atoms with E-state index >= 15 is 0 Å². The molecule has 1 unspecified atom stereocenters. The van der Waals surface area contributed by atoms with Crippen LogP contribution in [0.4, 0.5) is 0 Å². The van der Waals surface area contributed by atoms with Gasteiger partial charge in [0.1, 0.15) is 0 Å². The second kappa shape index (κ2) is 4.99. The Kier molecular flexibility index (Phi) is 3.34. The van der Waals surface area contributed by atoms with Gasteiger partial charge in [-0.2, -0.15) is 0 Å². The highest BCUT2D eigenvalue weighted by molar-refractivity contribution is 6.31. The van der Waals surface area contributed by atoms with E-state index in [4.69, 9.17) is 11.6 Å². The van der Waals surface area contributed by atoms with Crippen molar-refractivity contribution in [2.75, 3.05) is 0 Å². The maximum absolute atomic E-state index is 10.6. The van der Waals surface area contributed by atoms with Gasteiger partial charge in [-0.1, -0.05) is 60.1 Å². The van der Waals surface area contributed by atoms with Crippen molar-refractivity contribution in [2.45, 2.75) is 30.8 Å². The molecule has 1 saturated carbocycles. The minimum atomic E-state index is -0.366. The first kappa shape index (κ1) is 12.7. The molecule has 19 heavy (non-hydrogen) atoms. The molecule has 98 valence electrons. The first-order valence-corrected chi connectivity index (χ1v) is 7.07. The molecule has 1 N–H and O–H groups in total. The average Bonchev–Trinajstić information content (AvgIpc) is 3.24. The van der Waals surface area contributed by atoms with Crippen LogP contribution in [0.2, 0.25) is 5.02 Å². The van der Waals surface area contributed by atoms with Crippen molar-refractivity contribution in [1.29, 1.82) is 0 Å². The lowest BCUT2D eigenvalue weighted by atomic mass is 9.86. The van der Waals surface area contributed by atoms with Gasteiger partial charge in [-0.15, -0.1) is 0 Å². The summed E-state index contributed by atoms with van der Waals surface area (Å²) in [6, 6.07) is 18.1. The highest BCUT2D eigenvalue weighted by Gasteiger charge is 2.49. The maximum Gasteiger partial charge on any atom is 0.0677 e. The fourth-order valence-corrected chi connectivity index (χ4v) is 3.00. The zero-order valence-electron chi connectivity index (χ0n) is 10.7. The summed E-state index contributed by atoms with van der Waals surface area (Å²) in [7, 11) is 0. The number of aliphatic hydroxyl groups excluding tert-OH is 1. The summed E-state index contributed by atoms with van der Waals surface area (Å²) in [4.78, 5) is 0. The Morgan fingerprint density at radius 3 is 2.26 bits per heavy atom. The summed E-state index contributed by atoms with van der Waals surface area (Å²) in [6.45, 7) is 0. The Bertz CT molecular complexity index is 560. The molecule has 1 atom stereocenters. The minimum Gasteiger partial charge on any atom is -0.392 e. The largest absolute Gasteiger partial charge is 0.392 e. The molecule has 0 aliphatic heterocycles. The van der Waals surface area contributed by atoms with Gasteiger partial charge in [-0.25, -0.2) is 0 Å². The van der Waals surface area contributed by atoms with E-state index < -0.39 is 0 Å². The fraction of sp³-hybridized carbons (Fsp3) is 0.294. The van der Waals surface area contributed by atoms with Crippen molar-refractivity contribution in [3.05, 3.63) is 70.7 Å². The number of hydrogen-bond acceptors (Lipinski definition) is 1. The lowest BCUT2D eigenvalue weighted by molar-refractivity contribution is 0.131. The maximum atomic E-state index is 10.6. The Morgan fingerprint density at radius 2 is 1.63 bits per heavy atom. The van der Waals surface area contributed by atoms with Gasteiger partial charge in [0, 0.05) is 16.9 Å². The van der Waals surface area contributed by atoms with Crippen molar-refractivity contribution >= 4 is 11.6 Å². The zero-order valence-corrected chi connectivity index (χ0v) is 11.5. The molecule has 0 bridgehead atoms. The predicted octanol–water partition coefficient (Wildman–Crippen LogP) is 3.98. The molecule has 1 aliphatic rings. The second-order valence-corrected chi connectivity index (χ2v) is 5.74. The van der Waals surface area contributed by atoms with Crippen LogP contribution in [-0.4, -0.2) is 11.2 Å². The van der Waals surface area contributed by atoms with Crippen LogP contribution < -0.4 is 0 Å². The lowest BCUT2D eigenvalue weighted by Gasteiger charge is -2.23. The van der Waals surface area contributed by atoms with Gasteiger partial charge in [0.05, 0.1) is 6.10 Å². The molecule has 2 aromatic rings. The first-order valence-electron chi connectivity index (χ1n) is 6.69. The van der Waals surface area contributed by atoms with Crippen LogP contribution in [0.15, 0.2) is 54.6 Å². The van der Waals surface area contributed by atoms with Gasteiger partial charge < -0.3 is 5.11 Å². The first-order chi connectivity index (χ1) is 9.22. The highest BCUT2D eigenvalue weighted by atomic mass is 35.5. The van der Waals surface area contributed by atoms with Gasteiger partial charge in [-0.3, -0.25) is 0 Å². The van der Waals surface area contributed by atoms with Gasteiger partial charge in [-0.05, 0) is 30.0 Å². The van der Waals surface area contributed by atoms with Crippen LogP contribution in [0, 0.1) is 0 Å². The van der Waals surface area contributed by atoms with E-state index in [0.717, 1.165) is 23.4 Å². The Labute approximate surface area is 118 Å². The standard InChI is InChI=1S/C17H17ClO/c18-15-9-5-4-6-13(15)12-16(19)17(10-11-17)14-7-2-1-3-8-14/h1-9,16,19H,10-12H2. The van der Waals surface area contributed by atoms with Crippen molar-refractivity contribution < 1.29 is 5.11 Å². The van der Waals surface area contributed by atoms with Crippen LogP contribution in [0.5, 0.6) is 0 Å². The fourth-order valence-electron chi connectivity index (χ4n) is 2.79. The van der Waals surface area contributed by atoms with E-state index in [1.54, 1.807) is 0 Å². The predicted molar refractivity (Wildman–Crippen MR) is 78.5 cm³/mol. The van der Waals surface area contributed by atoms with Crippen LogP contribution in [-0.2, 0) is 11.8 Å². The number of halogens is 1. The quantitative estimate of drug-likeness (QED) is 0.893. The summed E-state index contributed by atoms with van der Waals surface area (Å²) >= 11 is 6.17. The van der Waals surface area contributed by atoms with Gasteiger partial charge in [0.15, 0.2) is 0 Å². The molecule has 1 fully saturated rings. The average molecular weight is 273 g/mol. The molecule has 0 heterocycles. The summed E-state index contributed by atoms with van der Waals surface area (Å²) in [5, 5.41) is 11.4. The molecule has 1 aliphatic carbocycles. The van der Waals surface area contributed by atoms with E-state index in [0.29, 0.717) is 6.42 Å². The third kappa shape index (κ3) is 2.41. The Hall–Kier alpha value is -1.31. The molecule has 0 amide bonds. The molecule has 3 rings (SSSR count). The summed E-state index contributed by atoms with van der Waals surface area (Å²) < 4.78 is 0. The summed E-state index contributed by atoms with van der Waals surface area (Å²) in [5.74, 6) is 0. The topological polar surface area (TPSA) is 20.2 Å². The number of aliphatic hydroxyl groups is 1. The molecule has 0 aromatic heterocycles. The zero-order chi connectivity index (χ0) is 13.3. The van der Waals surface area contributed by atoms with Gasteiger partial charge in [0.2, 0.25) is 0 Å². The molecule has 0 spiro atoms. The van der Waals surface area contributed by atoms with E-state index in [-0.39, 0.29) is 11.5 Å². The second-order valence-electron chi connectivity index (χ2n) is 5.33. The van der Waals surface area contributed by atoms with Crippen molar-refractivity contribution in [1.82, 2.24) is 0 Å². The monoisotopic (exact) mass is 272 g/mol. The van der Waals surface area contributed by atoms with E-state index in [9.17, 15) is 5.11 Å². The van der Waals surface area contributed by atoms with E-state index in [1.807, 2.05) is 42.5 Å². The molecule has 2 heteroatoms. The summed E-state index contributed by atoms with van der Waals surface area (Å²) in [5.41, 5.74) is 2.22. The van der Waals surface area contributed by atoms with Gasteiger partial charge in [0.25, 0.3) is 0 Å². The Balaban J connectivity index is 1.82. The van der Waals surface area contributed by atoms with Crippen molar-refractivity contribution in [3.63, 3.8) is 0 Å². The van der Waals surface area contributed by atoms with Crippen LogP contribution >= 0.6 is 11.6 Å². The normalized spacial score (nSPS) is 18.0. The van der Waals surface area contributed by atoms with Crippen molar-refractivity contribution in [3.8, 4) is 0 Å². The molecule has 1 nitrogen and oxygen atoms in total. The summed E-state index contributed by atoms with van der Waals surface area (Å²) in [6.07, 6.45) is 2.37. The smallest absolute Gasteiger partial charge is 0.0677 e.